The summed E-state index contributed by atoms with van der Waals surface area (Å²) in [6.07, 6.45) is -0.0714. The van der Waals surface area contributed by atoms with Crippen LogP contribution in [0.25, 0.3) is 10.9 Å². The average molecular weight is 556 g/mol. The van der Waals surface area contributed by atoms with E-state index in [0.717, 1.165) is 15.8 Å². The molecule has 41 heavy (non-hydrogen) atoms. The number of methoxy groups -OCH3 is 1. The van der Waals surface area contributed by atoms with E-state index >= 15 is 0 Å². The molecule has 10 heteroatoms. The Bertz CT molecular complexity index is 1660. The first-order valence-electron chi connectivity index (χ1n) is 13.6. The van der Waals surface area contributed by atoms with Gasteiger partial charge in [-0.3, -0.25) is 23.5 Å². The molecule has 0 radical (unpaired) electrons. The number of hydrogen-bond donors (Lipinski definition) is 1. The summed E-state index contributed by atoms with van der Waals surface area (Å²) in [4.78, 5) is 56.7. The fraction of sp³-hybridized carbons (Fsp3) is 0.290. The Labute approximate surface area is 237 Å². The molecule has 0 atom stereocenters. The predicted octanol–water partition coefficient (Wildman–Crippen LogP) is 2.23. The zero-order valence-corrected chi connectivity index (χ0v) is 23.0. The molecule has 4 aromatic rings. The number of carbonyl (C=O) groups excluding carboxylic acids is 2. The Balaban J connectivity index is 1.29. The summed E-state index contributed by atoms with van der Waals surface area (Å²) < 4.78 is 7.71. The van der Waals surface area contributed by atoms with E-state index in [1.54, 1.807) is 36.3 Å². The standard InChI is InChI=1S/C31H33N5O5/c1-41-27-14-8-5-9-23(27)21-32-28(37)15-16-35-30(39)25-12-6-7-13-26(25)36(31(35)40)22-29(38)34-19-17-33(18-20-34)24-10-3-2-4-11-24/h2-14H,15-22H2,1H3,(H,32,37). The second-order valence-electron chi connectivity index (χ2n) is 9.88. The van der Waals surface area contributed by atoms with Crippen molar-refractivity contribution in [3.63, 3.8) is 0 Å². The van der Waals surface area contributed by atoms with Crippen molar-refractivity contribution < 1.29 is 14.3 Å². The van der Waals surface area contributed by atoms with Gasteiger partial charge in [-0.25, -0.2) is 4.79 Å². The highest BCUT2D eigenvalue weighted by atomic mass is 16.5. The predicted molar refractivity (Wildman–Crippen MR) is 157 cm³/mol. The molecule has 2 heterocycles. The number of aromatic nitrogens is 2. The maximum Gasteiger partial charge on any atom is 0.331 e. The number of nitrogens with one attached hydrogen (secondary N) is 1. The van der Waals surface area contributed by atoms with Crippen molar-refractivity contribution in [2.75, 3.05) is 38.2 Å². The summed E-state index contributed by atoms with van der Waals surface area (Å²) in [5, 5.41) is 3.14. The van der Waals surface area contributed by atoms with E-state index in [1.807, 2.05) is 54.6 Å². The van der Waals surface area contributed by atoms with Crippen LogP contribution in [0.3, 0.4) is 0 Å². The van der Waals surface area contributed by atoms with E-state index in [1.165, 1.54) is 4.57 Å². The first kappa shape index (κ1) is 27.7. The SMILES string of the molecule is COc1ccccc1CNC(=O)CCn1c(=O)c2ccccc2n(CC(=O)N2CCN(c3ccccc3)CC2)c1=O. The summed E-state index contributed by atoms with van der Waals surface area (Å²) in [7, 11) is 1.56. The first-order valence-corrected chi connectivity index (χ1v) is 13.6. The lowest BCUT2D eigenvalue weighted by atomic mass is 10.2. The molecule has 0 saturated carbocycles. The Morgan fingerprint density at radius 3 is 2.27 bits per heavy atom. The summed E-state index contributed by atoms with van der Waals surface area (Å²) in [6.45, 7) is 2.41. The number of rotatable bonds is 9. The minimum absolute atomic E-state index is 0.0714. The Morgan fingerprint density at radius 1 is 0.829 bits per heavy atom. The summed E-state index contributed by atoms with van der Waals surface area (Å²) in [5.41, 5.74) is 1.24. The highest BCUT2D eigenvalue weighted by Crippen LogP contribution is 2.17. The normalized spacial score (nSPS) is 13.3. The Hall–Kier alpha value is -4.86. The van der Waals surface area contributed by atoms with E-state index < -0.39 is 11.2 Å². The second kappa shape index (κ2) is 12.5. The third-order valence-electron chi connectivity index (χ3n) is 7.41. The van der Waals surface area contributed by atoms with Crippen molar-refractivity contribution in [2.24, 2.45) is 0 Å². The van der Waals surface area contributed by atoms with Crippen LogP contribution >= 0.6 is 0 Å². The molecule has 3 aromatic carbocycles. The molecule has 1 aliphatic rings. The van der Waals surface area contributed by atoms with Crippen LogP contribution in [0.1, 0.15) is 12.0 Å². The van der Waals surface area contributed by atoms with Gasteiger partial charge in [0, 0.05) is 56.9 Å². The third kappa shape index (κ3) is 6.16. The van der Waals surface area contributed by atoms with Gasteiger partial charge in [-0.05, 0) is 30.3 Å². The number of para-hydroxylation sites is 3. The molecule has 1 N–H and O–H groups in total. The fourth-order valence-corrected chi connectivity index (χ4v) is 5.15. The van der Waals surface area contributed by atoms with Gasteiger partial charge in [-0.2, -0.15) is 0 Å². The van der Waals surface area contributed by atoms with Gasteiger partial charge in [0.25, 0.3) is 5.56 Å². The second-order valence-corrected chi connectivity index (χ2v) is 9.88. The molecule has 0 spiro atoms. The minimum Gasteiger partial charge on any atom is -0.496 e. The van der Waals surface area contributed by atoms with Gasteiger partial charge in [0.1, 0.15) is 12.3 Å². The van der Waals surface area contributed by atoms with Gasteiger partial charge in [0.05, 0.1) is 18.0 Å². The molecule has 1 saturated heterocycles. The van der Waals surface area contributed by atoms with Crippen LogP contribution in [0.15, 0.2) is 88.5 Å². The molecule has 212 valence electrons. The third-order valence-corrected chi connectivity index (χ3v) is 7.41. The van der Waals surface area contributed by atoms with Crippen molar-refractivity contribution >= 4 is 28.4 Å². The average Bonchev–Trinajstić information content (AvgIpc) is 3.02. The van der Waals surface area contributed by atoms with Gasteiger partial charge in [-0.15, -0.1) is 0 Å². The molecule has 10 nitrogen and oxygen atoms in total. The Morgan fingerprint density at radius 2 is 1.51 bits per heavy atom. The molecule has 1 aromatic heterocycles. The van der Waals surface area contributed by atoms with Crippen molar-refractivity contribution in [1.82, 2.24) is 19.4 Å². The van der Waals surface area contributed by atoms with Crippen molar-refractivity contribution in [3.8, 4) is 5.75 Å². The number of carbonyl (C=O) groups is 2. The van der Waals surface area contributed by atoms with Crippen LogP contribution in [0.5, 0.6) is 5.75 Å². The highest BCUT2D eigenvalue weighted by molar-refractivity contribution is 5.82. The maximum atomic E-state index is 13.5. The van der Waals surface area contributed by atoms with Crippen LogP contribution in [0.2, 0.25) is 0 Å². The van der Waals surface area contributed by atoms with Crippen LogP contribution in [-0.4, -0.2) is 59.1 Å². The molecule has 0 aliphatic carbocycles. The van der Waals surface area contributed by atoms with E-state index in [0.29, 0.717) is 42.8 Å². The molecular weight excluding hydrogens is 522 g/mol. The van der Waals surface area contributed by atoms with Crippen LogP contribution in [0.4, 0.5) is 5.69 Å². The molecule has 1 fully saturated rings. The first-order chi connectivity index (χ1) is 20.0. The number of amides is 2. The van der Waals surface area contributed by atoms with Crippen molar-refractivity contribution in [3.05, 3.63) is 105 Å². The molecular formula is C31H33N5O5. The number of piperazine rings is 1. The van der Waals surface area contributed by atoms with Gasteiger partial charge in [0.15, 0.2) is 0 Å². The number of fused-ring (bicyclic) bond motifs is 1. The van der Waals surface area contributed by atoms with E-state index in [2.05, 4.69) is 10.2 Å². The largest absolute Gasteiger partial charge is 0.496 e. The van der Waals surface area contributed by atoms with Crippen molar-refractivity contribution in [1.29, 1.82) is 0 Å². The minimum atomic E-state index is -0.609. The zero-order valence-electron chi connectivity index (χ0n) is 23.0. The summed E-state index contributed by atoms with van der Waals surface area (Å²) >= 11 is 0. The van der Waals surface area contributed by atoms with Crippen LogP contribution < -0.4 is 26.2 Å². The lowest BCUT2D eigenvalue weighted by molar-refractivity contribution is -0.132. The Kier molecular flexibility index (Phi) is 8.47. The summed E-state index contributed by atoms with van der Waals surface area (Å²) in [5.74, 6) is 0.159. The summed E-state index contributed by atoms with van der Waals surface area (Å²) in [6, 6.07) is 24.2. The number of anilines is 1. The van der Waals surface area contributed by atoms with Gasteiger partial charge >= 0.3 is 5.69 Å². The van der Waals surface area contributed by atoms with Gasteiger partial charge < -0.3 is 19.9 Å². The van der Waals surface area contributed by atoms with E-state index in [9.17, 15) is 19.2 Å². The van der Waals surface area contributed by atoms with Crippen molar-refractivity contribution in [2.45, 2.75) is 26.1 Å². The number of benzene rings is 3. The molecule has 1 aliphatic heterocycles. The molecule has 2 amide bonds. The fourth-order valence-electron chi connectivity index (χ4n) is 5.15. The van der Waals surface area contributed by atoms with Crippen LogP contribution in [-0.2, 0) is 29.2 Å². The molecule has 5 rings (SSSR count). The quantitative estimate of drug-likeness (QED) is 0.340. The van der Waals surface area contributed by atoms with Gasteiger partial charge in [0.2, 0.25) is 11.8 Å². The van der Waals surface area contributed by atoms with E-state index in [-0.39, 0.29) is 37.9 Å². The lowest BCUT2D eigenvalue weighted by Gasteiger charge is -2.36. The highest BCUT2D eigenvalue weighted by Gasteiger charge is 2.23. The lowest BCUT2D eigenvalue weighted by Crippen LogP contribution is -2.51. The maximum absolute atomic E-state index is 13.5. The smallest absolute Gasteiger partial charge is 0.331 e. The molecule has 0 bridgehead atoms. The zero-order chi connectivity index (χ0) is 28.8. The topological polar surface area (TPSA) is 106 Å². The van der Waals surface area contributed by atoms with Gasteiger partial charge in [-0.1, -0.05) is 48.5 Å². The molecule has 0 unspecified atom stereocenters. The number of nitrogens with zero attached hydrogens (tertiary/aromatic N) is 4. The van der Waals surface area contributed by atoms with Crippen LogP contribution in [0, 0.1) is 0 Å². The van der Waals surface area contributed by atoms with E-state index in [4.69, 9.17) is 4.74 Å². The monoisotopic (exact) mass is 555 g/mol. The number of ether oxygens (including phenoxy) is 1. The number of hydrogen-bond acceptors (Lipinski definition) is 6.